The molecule has 2 heteroatoms. The average Bonchev–Trinajstić information content (AvgIpc) is 3.34. The molecular formula is C41H72O2. The van der Waals surface area contributed by atoms with Gasteiger partial charge in [-0.15, -0.1) is 0 Å². The van der Waals surface area contributed by atoms with Gasteiger partial charge in [-0.2, -0.15) is 0 Å². The maximum Gasteiger partial charge on any atom is 0.306 e. The topological polar surface area (TPSA) is 26.3 Å². The first kappa shape index (κ1) is 35.1. The van der Waals surface area contributed by atoms with Gasteiger partial charge in [-0.1, -0.05) is 142 Å². The predicted octanol–water partition coefficient (Wildman–Crippen LogP) is 12.9. The molecule has 43 heavy (non-hydrogen) atoms. The molecule has 3 saturated carbocycles. The van der Waals surface area contributed by atoms with Crippen LogP contribution < -0.4 is 0 Å². The summed E-state index contributed by atoms with van der Waals surface area (Å²) >= 11 is 0. The lowest BCUT2D eigenvalue weighted by Gasteiger charge is -2.58. The van der Waals surface area contributed by atoms with Gasteiger partial charge in [-0.3, -0.25) is 4.79 Å². The molecule has 0 N–H and O–H groups in total. The standard InChI is InChI=1S/C41H72O2/c1-5-7-9-11-13-14-15-16-17-19-21-23-39(42)43-35-28-30-41(4)34(32-35)24-26-36-37-27-25-33(22-20-18-12-10-8-6-2)40(37,3)31-29-38(36)41/h24,33,35-38H,5-23,25-32H2,1-4H3. The lowest BCUT2D eigenvalue weighted by molar-refractivity contribution is -0.151. The van der Waals surface area contributed by atoms with Crippen LogP contribution in [-0.4, -0.2) is 12.1 Å². The van der Waals surface area contributed by atoms with Crippen molar-refractivity contribution in [2.45, 2.75) is 207 Å². The highest BCUT2D eigenvalue weighted by molar-refractivity contribution is 5.69. The van der Waals surface area contributed by atoms with Crippen LogP contribution in [0.4, 0.5) is 0 Å². The van der Waals surface area contributed by atoms with E-state index in [4.69, 9.17) is 4.74 Å². The normalized spacial score (nSPS) is 33.4. The molecule has 0 aromatic carbocycles. The molecule has 248 valence electrons. The quantitative estimate of drug-likeness (QED) is 0.0793. The van der Waals surface area contributed by atoms with E-state index in [9.17, 15) is 4.79 Å². The maximum absolute atomic E-state index is 12.7. The van der Waals surface area contributed by atoms with Crippen LogP contribution in [0.25, 0.3) is 0 Å². The van der Waals surface area contributed by atoms with Crippen LogP contribution >= 0.6 is 0 Å². The lowest BCUT2D eigenvalue weighted by Crippen LogP contribution is -2.50. The number of fused-ring (bicyclic) bond motifs is 5. The molecule has 2 nitrogen and oxygen atoms in total. The number of allylic oxidation sites excluding steroid dienone is 1. The van der Waals surface area contributed by atoms with Crippen LogP contribution in [0.2, 0.25) is 0 Å². The minimum Gasteiger partial charge on any atom is -0.462 e. The van der Waals surface area contributed by atoms with E-state index in [1.54, 1.807) is 5.57 Å². The molecule has 0 spiro atoms. The van der Waals surface area contributed by atoms with Crippen molar-refractivity contribution in [2.24, 2.45) is 34.5 Å². The lowest BCUT2D eigenvalue weighted by atomic mass is 9.47. The zero-order valence-corrected chi connectivity index (χ0v) is 29.4. The van der Waals surface area contributed by atoms with Gasteiger partial charge >= 0.3 is 5.97 Å². The van der Waals surface area contributed by atoms with E-state index in [2.05, 4.69) is 33.8 Å². The van der Waals surface area contributed by atoms with Gasteiger partial charge < -0.3 is 4.74 Å². The Morgan fingerprint density at radius 1 is 0.721 bits per heavy atom. The fourth-order valence-corrected chi connectivity index (χ4v) is 10.7. The summed E-state index contributed by atoms with van der Waals surface area (Å²) < 4.78 is 6.10. The average molecular weight is 597 g/mol. The van der Waals surface area contributed by atoms with Crippen LogP contribution in [0.5, 0.6) is 0 Å². The Kier molecular flexibility index (Phi) is 14.5. The molecule has 0 aromatic heterocycles. The Morgan fingerprint density at radius 3 is 1.98 bits per heavy atom. The summed E-state index contributed by atoms with van der Waals surface area (Å²) in [6.45, 7) is 9.91. The van der Waals surface area contributed by atoms with E-state index >= 15 is 0 Å². The van der Waals surface area contributed by atoms with Crippen molar-refractivity contribution in [1.82, 2.24) is 0 Å². The number of esters is 1. The molecule has 0 bridgehead atoms. The van der Waals surface area contributed by atoms with Crippen molar-refractivity contribution in [3.8, 4) is 0 Å². The molecule has 3 fully saturated rings. The van der Waals surface area contributed by atoms with Gasteiger partial charge in [-0.05, 0) is 92.3 Å². The SMILES string of the molecule is CCCCCCCCCCCCCC(=O)OC1CCC2(C)C(=CCC3C2CCC2(C)C(CCCCCCCC)CCC32)C1. The summed E-state index contributed by atoms with van der Waals surface area (Å²) in [6.07, 6.45) is 38.5. The Morgan fingerprint density at radius 2 is 1.33 bits per heavy atom. The largest absolute Gasteiger partial charge is 0.462 e. The summed E-state index contributed by atoms with van der Waals surface area (Å²) in [4.78, 5) is 12.7. The molecule has 0 saturated heterocycles. The number of hydrogen-bond acceptors (Lipinski definition) is 2. The van der Waals surface area contributed by atoms with Crippen LogP contribution in [0.3, 0.4) is 0 Å². The number of carbonyl (C=O) groups excluding carboxylic acids is 1. The first-order chi connectivity index (χ1) is 20.9. The van der Waals surface area contributed by atoms with Gasteiger partial charge in [0, 0.05) is 12.8 Å². The number of unbranched alkanes of at least 4 members (excludes halogenated alkanes) is 15. The summed E-state index contributed by atoms with van der Waals surface area (Å²) in [5.74, 6) is 3.72. The summed E-state index contributed by atoms with van der Waals surface area (Å²) in [5, 5.41) is 0. The third-order valence-corrected chi connectivity index (χ3v) is 13.4. The zero-order chi connectivity index (χ0) is 30.5. The fraction of sp³-hybridized carbons (Fsp3) is 0.927. The summed E-state index contributed by atoms with van der Waals surface area (Å²) in [7, 11) is 0. The molecule has 7 atom stereocenters. The van der Waals surface area contributed by atoms with Crippen molar-refractivity contribution in [2.75, 3.05) is 0 Å². The van der Waals surface area contributed by atoms with Crippen molar-refractivity contribution in [3.63, 3.8) is 0 Å². The molecule has 0 radical (unpaired) electrons. The third kappa shape index (κ3) is 9.37. The smallest absolute Gasteiger partial charge is 0.306 e. The molecule has 7 unspecified atom stereocenters. The van der Waals surface area contributed by atoms with E-state index in [0.717, 1.165) is 42.9 Å². The molecule has 4 aliphatic rings. The second-order valence-electron chi connectivity index (χ2n) is 16.3. The van der Waals surface area contributed by atoms with E-state index in [1.807, 2.05) is 0 Å². The Bertz CT molecular complexity index is 845. The van der Waals surface area contributed by atoms with Gasteiger partial charge in [0.25, 0.3) is 0 Å². The van der Waals surface area contributed by atoms with E-state index in [0.29, 0.717) is 17.3 Å². The number of ether oxygens (including phenoxy) is 1. The predicted molar refractivity (Wildman–Crippen MR) is 184 cm³/mol. The van der Waals surface area contributed by atoms with Gasteiger partial charge in [0.15, 0.2) is 0 Å². The highest BCUT2D eigenvalue weighted by Gasteiger charge is 2.58. The first-order valence-electron chi connectivity index (χ1n) is 19.8. The highest BCUT2D eigenvalue weighted by Crippen LogP contribution is 2.66. The van der Waals surface area contributed by atoms with E-state index in [-0.39, 0.29) is 12.1 Å². The number of hydrogen-bond donors (Lipinski definition) is 0. The van der Waals surface area contributed by atoms with Crippen LogP contribution in [-0.2, 0) is 9.53 Å². The number of rotatable bonds is 20. The molecule has 0 aromatic rings. The van der Waals surface area contributed by atoms with Gasteiger partial charge in [-0.25, -0.2) is 0 Å². The summed E-state index contributed by atoms with van der Waals surface area (Å²) in [6, 6.07) is 0. The fourth-order valence-electron chi connectivity index (χ4n) is 10.7. The second kappa shape index (κ2) is 17.8. The molecule has 0 aliphatic heterocycles. The van der Waals surface area contributed by atoms with Gasteiger partial charge in [0.2, 0.25) is 0 Å². The molecule has 0 heterocycles. The first-order valence-corrected chi connectivity index (χ1v) is 19.8. The molecular weight excluding hydrogens is 524 g/mol. The van der Waals surface area contributed by atoms with Crippen molar-refractivity contribution in [3.05, 3.63) is 11.6 Å². The Balaban J connectivity index is 1.16. The third-order valence-electron chi connectivity index (χ3n) is 13.4. The summed E-state index contributed by atoms with van der Waals surface area (Å²) in [5.41, 5.74) is 2.59. The van der Waals surface area contributed by atoms with E-state index in [1.165, 1.54) is 148 Å². The van der Waals surface area contributed by atoms with Crippen molar-refractivity contribution < 1.29 is 9.53 Å². The Hall–Kier alpha value is -0.790. The highest BCUT2D eigenvalue weighted by atomic mass is 16.5. The van der Waals surface area contributed by atoms with Crippen molar-refractivity contribution >= 4 is 5.97 Å². The molecule has 4 rings (SSSR count). The minimum atomic E-state index is 0.0645. The second-order valence-corrected chi connectivity index (χ2v) is 16.3. The number of carbonyl (C=O) groups is 1. The van der Waals surface area contributed by atoms with Gasteiger partial charge in [0.1, 0.15) is 6.10 Å². The zero-order valence-electron chi connectivity index (χ0n) is 29.4. The molecule has 0 amide bonds. The minimum absolute atomic E-state index is 0.0645. The molecule has 4 aliphatic carbocycles. The van der Waals surface area contributed by atoms with Crippen molar-refractivity contribution in [1.29, 1.82) is 0 Å². The van der Waals surface area contributed by atoms with Crippen LogP contribution in [0.15, 0.2) is 11.6 Å². The maximum atomic E-state index is 12.7. The monoisotopic (exact) mass is 597 g/mol. The van der Waals surface area contributed by atoms with Crippen LogP contribution in [0, 0.1) is 34.5 Å². The van der Waals surface area contributed by atoms with Gasteiger partial charge in [0.05, 0.1) is 0 Å². The Labute approximate surface area is 268 Å². The van der Waals surface area contributed by atoms with E-state index < -0.39 is 0 Å². The van der Waals surface area contributed by atoms with Crippen LogP contribution in [0.1, 0.15) is 201 Å².